The van der Waals surface area contributed by atoms with E-state index in [1.54, 1.807) is 9.81 Å². The smallest absolute Gasteiger partial charge is 0.0293 e. The largest absolute Gasteiger partial charge is 0.0918 e. The molecule has 3 aliphatic rings. The zero-order valence-electron chi connectivity index (χ0n) is 12.3. The van der Waals surface area contributed by atoms with E-state index in [1.165, 1.54) is 57.7 Å². The number of benzene rings is 2. The van der Waals surface area contributed by atoms with Crippen LogP contribution in [0, 0.1) is 0 Å². The van der Waals surface area contributed by atoms with Crippen molar-refractivity contribution in [2.45, 2.75) is 25.7 Å². The molecule has 22 heavy (non-hydrogen) atoms. The van der Waals surface area contributed by atoms with Crippen molar-refractivity contribution in [3.63, 3.8) is 0 Å². The van der Waals surface area contributed by atoms with Crippen LogP contribution in [0.5, 0.6) is 0 Å². The van der Waals surface area contributed by atoms with Crippen LogP contribution in [0.15, 0.2) is 58.3 Å². The molecule has 0 saturated heterocycles. The highest BCUT2D eigenvalue weighted by Crippen LogP contribution is 2.58. The van der Waals surface area contributed by atoms with Crippen LogP contribution >= 0.6 is 23.5 Å². The van der Waals surface area contributed by atoms with Gasteiger partial charge in [-0.15, -0.1) is 0 Å². The molecule has 0 spiro atoms. The molecule has 1 heterocycles. The number of allylic oxidation sites excluding steroid dienone is 2. The van der Waals surface area contributed by atoms with Gasteiger partial charge in [0.1, 0.15) is 0 Å². The molecular formula is C20H16S2. The number of fused-ring (bicyclic) bond motifs is 4. The fraction of sp³-hybridized carbons (Fsp3) is 0.200. The minimum atomic E-state index is 1.19. The summed E-state index contributed by atoms with van der Waals surface area (Å²) in [6, 6.07) is 17.9. The molecular weight excluding hydrogens is 304 g/mol. The van der Waals surface area contributed by atoms with Crippen LogP contribution < -0.4 is 0 Å². The highest BCUT2D eigenvalue weighted by atomic mass is 32.2. The number of rotatable bonds is 0. The van der Waals surface area contributed by atoms with E-state index in [4.69, 9.17) is 0 Å². The average molecular weight is 320 g/mol. The molecule has 0 saturated carbocycles. The number of thioether (sulfide) groups is 2. The van der Waals surface area contributed by atoms with Gasteiger partial charge in [0.15, 0.2) is 0 Å². The zero-order valence-corrected chi connectivity index (χ0v) is 13.9. The van der Waals surface area contributed by atoms with E-state index in [0.717, 1.165) is 0 Å². The second-order valence-electron chi connectivity index (χ2n) is 6.02. The van der Waals surface area contributed by atoms with Gasteiger partial charge in [-0.25, -0.2) is 0 Å². The molecule has 5 rings (SSSR count). The van der Waals surface area contributed by atoms with Gasteiger partial charge in [0, 0.05) is 19.6 Å². The van der Waals surface area contributed by atoms with E-state index in [2.05, 4.69) is 48.5 Å². The number of aryl methyl sites for hydroxylation is 2. The Bertz CT molecular complexity index is 771. The van der Waals surface area contributed by atoms with E-state index in [0.29, 0.717) is 0 Å². The maximum absolute atomic E-state index is 2.31. The highest BCUT2D eigenvalue weighted by Gasteiger charge is 2.30. The molecule has 0 bridgehead atoms. The van der Waals surface area contributed by atoms with Crippen LogP contribution in [0.2, 0.25) is 0 Å². The van der Waals surface area contributed by atoms with Gasteiger partial charge >= 0.3 is 0 Å². The summed E-state index contributed by atoms with van der Waals surface area (Å²) >= 11 is 4.09. The zero-order chi connectivity index (χ0) is 14.5. The standard InChI is InChI=1S/C20H16S2/c1-3-7-15-13(5-1)9-11-17-19(15)21-18-12-10-14-6-2-4-8-16(14)20(18)22-17/h1-8H,9-12H2. The molecule has 0 aromatic heterocycles. The first-order valence-corrected chi connectivity index (χ1v) is 9.52. The van der Waals surface area contributed by atoms with Crippen molar-refractivity contribution >= 4 is 33.3 Å². The third kappa shape index (κ3) is 1.94. The summed E-state index contributed by atoms with van der Waals surface area (Å²) in [7, 11) is 0. The Kier molecular flexibility index (Phi) is 3.02. The lowest BCUT2D eigenvalue weighted by atomic mass is 9.96. The lowest BCUT2D eigenvalue weighted by Crippen LogP contribution is -2.09. The van der Waals surface area contributed by atoms with E-state index >= 15 is 0 Å². The van der Waals surface area contributed by atoms with Crippen LogP contribution in [0.1, 0.15) is 35.1 Å². The first-order chi connectivity index (χ1) is 10.9. The molecule has 2 aromatic rings. The average Bonchev–Trinajstić information content (AvgIpc) is 2.60. The van der Waals surface area contributed by atoms with Gasteiger partial charge in [-0.1, -0.05) is 72.1 Å². The molecule has 1 aliphatic heterocycles. The minimum Gasteiger partial charge on any atom is -0.0918 e. The van der Waals surface area contributed by atoms with Crippen LogP contribution in [-0.4, -0.2) is 0 Å². The van der Waals surface area contributed by atoms with Gasteiger partial charge in [0.2, 0.25) is 0 Å². The molecule has 0 fully saturated rings. The molecule has 2 aromatic carbocycles. The lowest BCUT2D eigenvalue weighted by Gasteiger charge is -2.32. The van der Waals surface area contributed by atoms with Gasteiger partial charge in [-0.05, 0) is 47.9 Å². The molecule has 0 nitrogen and oxygen atoms in total. The summed E-state index contributed by atoms with van der Waals surface area (Å²) in [6.07, 6.45) is 4.77. The second kappa shape index (κ2) is 5.07. The topological polar surface area (TPSA) is 0 Å². The van der Waals surface area contributed by atoms with Crippen LogP contribution in [-0.2, 0) is 12.8 Å². The first-order valence-electron chi connectivity index (χ1n) is 7.89. The molecule has 2 aliphatic carbocycles. The monoisotopic (exact) mass is 320 g/mol. The third-order valence-corrected chi connectivity index (χ3v) is 7.63. The van der Waals surface area contributed by atoms with Gasteiger partial charge in [-0.2, -0.15) is 0 Å². The molecule has 0 atom stereocenters. The third-order valence-electron chi connectivity index (χ3n) is 4.72. The summed E-state index contributed by atoms with van der Waals surface area (Å²) in [4.78, 5) is 6.23. The SMILES string of the molecule is c1ccc2c(c1)CCC1=C2SC2=C(S1)c1ccccc1CC2. The summed E-state index contributed by atoms with van der Waals surface area (Å²) in [5, 5.41) is 0. The van der Waals surface area contributed by atoms with Crippen LogP contribution in [0.3, 0.4) is 0 Å². The van der Waals surface area contributed by atoms with Gasteiger partial charge in [-0.3, -0.25) is 0 Å². The molecule has 0 N–H and O–H groups in total. The van der Waals surface area contributed by atoms with Crippen molar-refractivity contribution in [2.24, 2.45) is 0 Å². The van der Waals surface area contributed by atoms with Gasteiger partial charge < -0.3 is 0 Å². The number of hydrogen-bond donors (Lipinski definition) is 0. The summed E-state index contributed by atoms with van der Waals surface area (Å²) in [5.74, 6) is 0. The van der Waals surface area contributed by atoms with Crippen molar-refractivity contribution in [1.82, 2.24) is 0 Å². The quantitative estimate of drug-likeness (QED) is 0.575. The van der Waals surface area contributed by atoms with E-state index in [-0.39, 0.29) is 0 Å². The molecule has 2 heteroatoms. The van der Waals surface area contributed by atoms with Crippen molar-refractivity contribution in [1.29, 1.82) is 0 Å². The Morgan fingerprint density at radius 3 is 1.50 bits per heavy atom. The Labute approximate surface area is 139 Å². The predicted molar refractivity (Wildman–Crippen MR) is 98.5 cm³/mol. The normalized spacial score (nSPS) is 19.3. The Hall–Kier alpha value is -1.38. The Morgan fingerprint density at radius 2 is 1.00 bits per heavy atom. The van der Waals surface area contributed by atoms with Gasteiger partial charge in [0.25, 0.3) is 0 Å². The van der Waals surface area contributed by atoms with Crippen molar-refractivity contribution in [3.8, 4) is 0 Å². The fourth-order valence-corrected chi connectivity index (χ4v) is 6.46. The summed E-state index contributed by atoms with van der Waals surface area (Å²) in [5.41, 5.74) is 6.00. The highest BCUT2D eigenvalue weighted by molar-refractivity contribution is 8.19. The number of hydrogen-bond acceptors (Lipinski definition) is 2. The second-order valence-corrected chi connectivity index (χ2v) is 8.23. The summed E-state index contributed by atoms with van der Waals surface area (Å²) < 4.78 is 0. The fourth-order valence-electron chi connectivity index (χ4n) is 3.61. The van der Waals surface area contributed by atoms with Gasteiger partial charge in [0.05, 0.1) is 0 Å². The molecule has 0 amide bonds. The predicted octanol–water partition coefficient (Wildman–Crippen LogP) is 6.10. The maximum Gasteiger partial charge on any atom is 0.0293 e. The summed E-state index contributed by atoms with van der Waals surface area (Å²) in [6.45, 7) is 0. The van der Waals surface area contributed by atoms with Crippen molar-refractivity contribution in [2.75, 3.05) is 0 Å². The van der Waals surface area contributed by atoms with E-state index in [1.807, 2.05) is 23.5 Å². The minimum absolute atomic E-state index is 1.19. The van der Waals surface area contributed by atoms with E-state index < -0.39 is 0 Å². The van der Waals surface area contributed by atoms with Crippen LogP contribution in [0.4, 0.5) is 0 Å². The maximum atomic E-state index is 2.31. The van der Waals surface area contributed by atoms with Crippen molar-refractivity contribution < 1.29 is 0 Å². The molecule has 108 valence electrons. The van der Waals surface area contributed by atoms with E-state index in [9.17, 15) is 0 Å². The molecule has 0 unspecified atom stereocenters. The first kappa shape index (κ1) is 13.1. The Morgan fingerprint density at radius 1 is 0.545 bits per heavy atom. The Balaban J connectivity index is 1.61. The molecule has 0 radical (unpaired) electrons. The lowest BCUT2D eigenvalue weighted by molar-refractivity contribution is 0.962. The van der Waals surface area contributed by atoms with Crippen molar-refractivity contribution in [3.05, 3.63) is 80.6 Å². The van der Waals surface area contributed by atoms with Crippen LogP contribution in [0.25, 0.3) is 9.81 Å².